The Morgan fingerprint density at radius 3 is 2.71 bits per heavy atom. The van der Waals surface area contributed by atoms with Crippen molar-refractivity contribution in [3.63, 3.8) is 0 Å². The summed E-state index contributed by atoms with van der Waals surface area (Å²) in [4.78, 5) is 8.70. The minimum absolute atomic E-state index is 0.252. The molecule has 1 saturated heterocycles. The number of hydrogen-bond acceptors (Lipinski definition) is 7. The van der Waals surface area contributed by atoms with Crippen LogP contribution < -0.4 is 14.8 Å². The molecule has 2 aromatic rings. The Morgan fingerprint density at radius 2 is 1.90 bits per heavy atom. The molecular weight excluding hydrogens is 392 g/mol. The molecule has 0 spiro atoms. The van der Waals surface area contributed by atoms with Gasteiger partial charge < -0.3 is 24.8 Å². The van der Waals surface area contributed by atoms with E-state index in [9.17, 15) is 5.11 Å². The highest BCUT2D eigenvalue weighted by molar-refractivity contribution is 5.43. The molecule has 3 rings (SSSR count). The Hall–Kier alpha value is -2.19. The van der Waals surface area contributed by atoms with Crippen molar-refractivity contribution in [2.45, 2.75) is 25.5 Å². The fraction of sp³-hybridized carbons (Fsp3) is 0.542. The van der Waals surface area contributed by atoms with Gasteiger partial charge in [0.2, 0.25) is 0 Å². The van der Waals surface area contributed by atoms with Crippen LogP contribution in [-0.4, -0.2) is 86.0 Å². The zero-order valence-corrected chi connectivity index (χ0v) is 18.8. The van der Waals surface area contributed by atoms with Gasteiger partial charge in [-0.15, -0.1) is 0 Å². The molecule has 0 amide bonds. The molecule has 1 aliphatic rings. The quantitative estimate of drug-likeness (QED) is 0.529. The van der Waals surface area contributed by atoms with Crippen molar-refractivity contribution >= 4 is 0 Å². The zero-order chi connectivity index (χ0) is 21.9. The largest absolute Gasteiger partial charge is 0.493 e. The van der Waals surface area contributed by atoms with Crippen LogP contribution in [0.25, 0.3) is 0 Å². The number of β-amino-alcohol motifs (C(OH)–C–C–N with tert-alkyl or cyclic N) is 1. The SMILES string of the molecule is COc1ccc(CNCCc2ccncc2)cc1OCC(O)CN1CCCN(C)CC1. The number of hydrogen-bond donors (Lipinski definition) is 2. The standard InChI is InChI=1S/C24H36N4O3/c1-27-12-3-13-28(15-14-27)18-22(29)19-31-24-16-21(4-5-23(24)30-2)17-26-11-8-20-6-9-25-10-7-20/h4-7,9-10,16,22,26,29H,3,8,11-15,17-19H2,1-2H3. The first-order valence-corrected chi connectivity index (χ1v) is 11.1. The summed E-state index contributed by atoms with van der Waals surface area (Å²) in [5.74, 6) is 1.36. The molecule has 0 aliphatic carbocycles. The number of aliphatic hydroxyl groups excluding tert-OH is 1. The molecule has 2 heterocycles. The maximum absolute atomic E-state index is 10.5. The van der Waals surface area contributed by atoms with Crippen LogP contribution in [0, 0.1) is 0 Å². The first kappa shape index (κ1) is 23.5. The number of nitrogens with one attached hydrogen (secondary N) is 1. The van der Waals surface area contributed by atoms with Crippen LogP contribution >= 0.6 is 0 Å². The maximum Gasteiger partial charge on any atom is 0.161 e. The van der Waals surface area contributed by atoms with Crippen LogP contribution in [0.1, 0.15) is 17.5 Å². The minimum Gasteiger partial charge on any atom is -0.493 e. The summed E-state index contributed by atoms with van der Waals surface area (Å²) in [6, 6.07) is 10.0. The summed E-state index contributed by atoms with van der Waals surface area (Å²) in [7, 11) is 3.79. The molecule has 31 heavy (non-hydrogen) atoms. The second kappa shape index (κ2) is 12.6. The molecule has 1 aliphatic heterocycles. The molecule has 170 valence electrons. The van der Waals surface area contributed by atoms with Gasteiger partial charge in [0, 0.05) is 38.6 Å². The Bertz CT molecular complexity index is 775. The van der Waals surface area contributed by atoms with E-state index in [0.717, 1.165) is 57.7 Å². The smallest absolute Gasteiger partial charge is 0.161 e. The second-order valence-corrected chi connectivity index (χ2v) is 8.19. The number of pyridine rings is 1. The van der Waals surface area contributed by atoms with Crippen LogP contribution in [-0.2, 0) is 13.0 Å². The average molecular weight is 429 g/mol. The Balaban J connectivity index is 1.45. The van der Waals surface area contributed by atoms with Gasteiger partial charge in [0.15, 0.2) is 11.5 Å². The van der Waals surface area contributed by atoms with Gasteiger partial charge in [0.1, 0.15) is 12.7 Å². The van der Waals surface area contributed by atoms with E-state index in [2.05, 4.69) is 27.1 Å². The lowest BCUT2D eigenvalue weighted by Gasteiger charge is -2.23. The summed E-state index contributed by atoms with van der Waals surface area (Å²) < 4.78 is 11.4. The van der Waals surface area contributed by atoms with Gasteiger partial charge in [-0.2, -0.15) is 0 Å². The fourth-order valence-electron chi connectivity index (χ4n) is 3.78. The highest BCUT2D eigenvalue weighted by Crippen LogP contribution is 2.28. The van der Waals surface area contributed by atoms with Crippen molar-refractivity contribution < 1.29 is 14.6 Å². The molecular formula is C24H36N4O3. The Kier molecular flexibility index (Phi) is 9.55. The molecule has 7 nitrogen and oxygen atoms in total. The van der Waals surface area contributed by atoms with Crippen molar-refractivity contribution in [1.82, 2.24) is 20.1 Å². The summed E-state index contributed by atoms with van der Waals surface area (Å²) in [6.07, 6.45) is 5.20. The average Bonchev–Trinajstić information content (AvgIpc) is 3.00. The highest BCUT2D eigenvalue weighted by atomic mass is 16.5. The predicted octanol–water partition coefficient (Wildman–Crippen LogP) is 1.80. The van der Waals surface area contributed by atoms with Gasteiger partial charge in [-0.3, -0.25) is 9.88 Å². The molecule has 1 fully saturated rings. The minimum atomic E-state index is -0.532. The summed E-state index contributed by atoms with van der Waals surface area (Å²) in [5, 5.41) is 14.0. The van der Waals surface area contributed by atoms with Crippen LogP contribution in [0.15, 0.2) is 42.7 Å². The van der Waals surface area contributed by atoms with E-state index in [-0.39, 0.29) is 6.61 Å². The fourth-order valence-corrected chi connectivity index (χ4v) is 3.78. The number of aromatic nitrogens is 1. The number of nitrogens with zero attached hydrogens (tertiary/aromatic N) is 3. The van der Waals surface area contributed by atoms with E-state index in [1.165, 1.54) is 5.56 Å². The highest BCUT2D eigenvalue weighted by Gasteiger charge is 2.17. The molecule has 1 aromatic heterocycles. The van der Waals surface area contributed by atoms with E-state index < -0.39 is 6.10 Å². The van der Waals surface area contributed by atoms with Crippen molar-refractivity contribution in [3.8, 4) is 11.5 Å². The van der Waals surface area contributed by atoms with Crippen molar-refractivity contribution in [2.75, 3.05) is 60.0 Å². The molecule has 0 radical (unpaired) electrons. The summed E-state index contributed by atoms with van der Waals surface area (Å²) >= 11 is 0. The third kappa shape index (κ3) is 8.10. The van der Waals surface area contributed by atoms with Gasteiger partial charge in [-0.05, 0) is 74.9 Å². The summed E-state index contributed by atoms with van der Waals surface area (Å²) in [5.41, 5.74) is 2.39. The zero-order valence-electron chi connectivity index (χ0n) is 18.8. The number of rotatable bonds is 11. The van der Waals surface area contributed by atoms with Crippen molar-refractivity contribution in [2.24, 2.45) is 0 Å². The molecule has 1 unspecified atom stereocenters. The van der Waals surface area contributed by atoms with Gasteiger partial charge in [0.25, 0.3) is 0 Å². The number of likely N-dealkylation sites (N-methyl/N-ethyl adjacent to an activating group) is 1. The second-order valence-electron chi connectivity index (χ2n) is 8.19. The molecule has 1 atom stereocenters. The molecule has 2 N–H and O–H groups in total. The van der Waals surface area contributed by atoms with Crippen molar-refractivity contribution in [3.05, 3.63) is 53.9 Å². The lowest BCUT2D eigenvalue weighted by Crippen LogP contribution is -2.37. The van der Waals surface area contributed by atoms with Crippen LogP contribution in [0.3, 0.4) is 0 Å². The first-order chi connectivity index (χ1) is 15.1. The van der Waals surface area contributed by atoms with E-state index in [4.69, 9.17) is 9.47 Å². The lowest BCUT2D eigenvalue weighted by atomic mass is 10.1. The van der Waals surface area contributed by atoms with Crippen LogP contribution in [0.2, 0.25) is 0 Å². The molecule has 1 aromatic carbocycles. The Morgan fingerprint density at radius 1 is 1.06 bits per heavy atom. The van der Waals surface area contributed by atoms with Crippen molar-refractivity contribution in [1.29, 1.82) is 0 Å². The first-order valence-electron chi connectivity index (χ1n) is 11.1. The van der Waals surface area contributed by atoms with Gasteiger partial charge in [-0.25, -0.2) is 0 Å². The van der Waals surface area contributed by atoms with Gasteiger partial charge in [-0.1, -0.05) is 6.07 Å². The van der Waals surface area contributed by atoms with Gasteiger partial charge in [0.05, 0.1) is 7.11 Å². The summed E-state index contributed by atoms with van der Waals surface area (Å²) in [6.45, 7) is 6.67. The number of benzene rings is 1. The topological polar surface area (TPSA) is 70.1 Å². The third-order valence-corrected chi connectivity index (χ3v) is 5.61. The predicted molar refractivity (Wildman–Crippen MR) is 123 cm³/mol. The number of methoxy groups -OCH3 is 1. The Labute approximate surface area is 186 Å². The maximum atomic E-state index is 10.5. The van der Waals surface area contributed by atoms with E-state index in [1.807, 2.05) is 42.7 Å². The van der Waals surface area contributed by atoms with Crippen LogP contribution in [0.4, 0.5) is 0 Å². The monoisotopic (exact) mass is 428 g/mol. The number of ether oxygens (including phenoxy) is 2. The molecule has 7 heteroatoms. The van der Waals surface area contributed by atoms with E-state index in [1.54, 1.807) is 7.11 Å². The normalized spacial score (nSPS) is 16.6. The lowest BCUT2D eigenvalue weighted by molar-refractivity contribution is 0.0685. The third-order valence-electron chi connectivity index (χ3n) is 5.61. The van der Waals surface area contributed by atoms with E-state index >= 15 is 0 Å². The number of aliphatic hydroxyl groups is 1. The van der Waals surface area contributed by atoms with Crippen LogP contribution in [0.5, 0.6) is 11.5 Å². The van der Waals surface area contributed by atoms with Gasteiger partial charge >= 0.3 is 0 Å². The molecule has 0 saturated carbocycles. The molecule has 0 bridgehead atoms. The van der Waals surface area contributed by atoms with E-state index in [0.29, 0.717) is 18.0 Å².